The first-order valence-electron chi connectivity index (χ1n) is 5.60. The fourth-order valence-electron chi connectivity index (χ4n) is 1.71. The predicted molar refractivity (Wildman–Crippen MR) is 72.3 cm³/mol. The van der Waals surface area contributed by atoms with E-state index in [9.17, 15) is 4.79 Å². The molecule has 1 aromatic carbocycles. The number of ether oxygens (including phenoxy) is 1. The van der Waals surface area contributed by atoms with Crippen LogP contribution in [0.25, 0.3) is 11.1 Å². The van der Waals surface area contributed by atoms with Crippen LogP contribution in [0.3, 0.4) is 0 Å². The molecule has 94 valence electrons. The van der Waals surface area contributed by atoms with Crippen molar-refractivity contribution in [2.75, 3.05) is 6.61 Å². The molecule has 0 aliphatic carbocycles. The highest BCUT2D eigenvalue weighted by Gasteiger charge is 2.22. The van der Waals surface area contributed by atoms with E-state index >= 15 is 0 Å². The molecule has 0 saturated heterocycles. The quantitative estimate of drug-likeness (QED) is 0.819. The third-order valence-electron chi connectivity index (χ3n) is 2.51. The van der Waals surface area contributed by atoms with Crippen LogP contribution in [0.15, 0.2) is 34.9 Å². The average Bonchev–Trinajstić information content (AvgIpc) is 2.67. The number of rotatable bonds is 3. The van der Waals surface area contributed by atoms with E-state index < -0.39 is 5.97 Å². The maximum absolute atomic E-state index is 11.9. The molecular formula is C13H13BrN2O2. The first-order valence-corrected chi connectivity index (χ1v) is 6.39. The van der Waals surface area contributed by atoms with Gasteiger partial charge in [-0.3, -0.25) is 4.68 Å². The molecule has 0 atom stereocenters. The van der Waals surface area contributed by atoms with Gasteiger partial charge in [0.15, 0.2) is 5.69 Å². The van der Waals surface area contributed by atoms with Crippen molar-refractivity contribution in [3.8, 4) is 11.1 Å². The predicted octanol–water partition coefficient (Wildman–Crippen LogP) is 3.03. The van der Waals surface area contributed by atoms with Crippen LogP contribution in [0.5, 0.6) is 0 Å². The highest BCUT2D eigenvalue weighted by molar-refractivity contribution is 9.10. The van der Waals surface area contributed by atoms with Crippen molar-refractivity contribution in [3.05, 3.63) is 40.6 Å². The van der Waals surface area contributed by atoms with Crippen molar-refractivity contribution < 1.29 is 9.53 Å². The summed E-state index contributed by atoms with van der Waals surface area (Å²) in [6.07, 6.45) is 0. The van der Waals surface area contributed by atoms with Crippen molar-refractivity contribution in [2.24, 2.45) is 7.05 Å². The monoisotopic (exact) mass is 308 g/mol. The molecule has 18 heavy (non-hydrogen) atoms. The molecule has 0 radical (unpaired) electrons. The van der Waals surface area contributed by atoms with Crippen molar-refractivity contribution in [1.82, 2.24) is 9.78 Å². The Kier molecular flexibility index (Phi) is 3.81. The van der Waals surface area contributed by atoms with Crippen molar-refractivity contribution >= 4 is 21.9 Å². The number of aryl methyl sites for hydroxylation is 1. The van der Waals surface area contributed by atoms with Gasteiger partial charge in [0.05, 0.1) is 6.61 Å². The van der Waals surface area contributed by atoms with Crippen LogP contribution in [0.4, 0.5) is 0 Å². The lowest BCUT2D eigenvalue weighted by Crippen LogP contribution is -2.07. The molecule has 0 fully saturated rings. The smallest absolute Gasteiger partial charge is 0.359 e. The summed E-state index contributed by atoms with van der Waals surface area (Å²) in [6, 6.07) is 9.64. The first kappa shape index (κ1) is 12.8. The minimum atomic E-state index is -0.405. The van der Waals surface area contributed by atoms with E-state index in [2.05, 4.69) is 21.0 Å². The number of hydrogen-bond acceptors (Lipinski definition) is 3. The van der Waals surface area contributed by atoms with Gasteiger partial charge >= 0.3 is 5.97 Å². The van der Waals surface area contributed by atoms with Gasteiger partial charge in [0.1, 0.15) is 4.60 Å². The minimum Gasteiger partial charge on any atom is -0.461 e. The third kappa shape index (κ3) is 2.31. The lowest BCUT2D eigenvalue weighted by Gasteiger charge is -2.03. The van der Waals surface area contributed by atoms with E-state index in [1.165, 1.54) is 0 Å². The summed E-state index contributed by atoms with van der Waals surface area (Å²) in [5.41, 5.74) is 2.02. The molecule has 0 unspecified atom stereocenters. The summed E-state index contributed by atoms with van der Waals surface area (Å²) in [5.74, 6) is -0.405. The van der Waals surface area contributed by atoms with Gasteiger partial charge in [-0.25, -0.2) is 4.79 Å². The maximum atomic E-state index is 11.9. The van der Waals surface area contributed by atoms with Gasteiger partial charge in [0.25, 0.3) is 0 Å². The Morgan fingerprint density at radius 2 is 2.06 bits per heavy atom. The van der Waals surface area contributed by atoms with Crippen LogP contribution >= 0.6 is 15.9 Å². The van der Waals surface area contributed by atoms with Gasteiger partial charge in [-0.2, -0.15) is 5.10 Å². The molecule has 0 spiro atoms. The van der Waals surface area contributed by atoms with Crippen LogP contribution in [0.2, 0.25) is 0 Å². The van der Waals surface area contributed by atoms with E-state index in [0.29, 0.717) is 12.3 Å². The molecule has 2 rings (SSSR count). The van der Waals surface area contributed by atoms with E-state index in [-0.39, 0.29) is 0 Å². The zero-order chi connectivity index (χ0) is 13.1. The summed E-state index contributed by atoms with van der Waals surface area (Å²) in [7, 11) is 1.78. The number of benzene rings is 1. The Labute approximate surface area is 114 Å². The third-order valence-corrected chi connectivity index (χ3v) is 3.42. The highest BCUT2D eigenvalue weighted by atomic mass is 79.9. The van der Waals surface area contributed by atoms with Gasteiger partial charge in [-0.1, -0.05) is 30.3 Å². The molecule has 4 nitrogen and oxygen atoms in total. The first-order chi connectivity index (χ1) is 8.65. The Hall–Kier alpha value is -1.62. The second kappa shape index (κ2) is 5.35. The summed E-state index contributed by atoms with van der Waals surface area (Å²) in [4.78, 5) is 11.9. The van der Waals surface area contributed by atoms with E-state index in [1.807, 2.05) is 30.3 Å². The topological polar surface area (TPSA) is 44.1 Å². The fourth-order valence-corrected chi connectivity index (χ4v) is 2.20. The summed E-state index contributed by atoms with van der Waals surface area (Å²) in [6.45, 7) is 2.11. The molecule has 1 heterocycles. The summed E-state index contributed by atoms with van der Waals surface area (Å²) in [5, 5.41) is 4.20. The number of carbonyl (C=O) groups excluding carboxylic acids is 1. The van der Waals surface area contributed by atoms with Crippen LogP contribution in [-0.2, 0) is 11.8 Å². The number of carbonyl (C=O) groups is 1. The zero-order valence-electron chi connectivity index (χ0n) is 10.2. The molecule has 0 saturated carbocycles. The molecule has 0 amide bonds. The van der Waals surface area contributed by atoms with Gasteiger partial charge < -0.3 is 4.74 Å². The van der Waals surface area contributed by atoms with Crippen LogP contribution < -0.4 is 0 Å². The second-order valence-electron chi connectivity index (χ2n) is 3.72. The number of nitrogens with zero attached hydrogens (tertiary/aromatic N) is 2. The number of esters is 1. The fraction of sp³-hybridized carbons (Fsp3) is 0.231. The Balaban J connectivity index is 2.55. The largest absolute Gasteiger partial charge is 0.461 e. The average molecular weight is 309 g/mol. The van der Waals surface area contributed by atoms with Crippen molar-refractivity contribution in [3.63, 3.8) is 0 Å². The van der Waals surface area contributed by atoms with Gasteiger partial charge in [-0.05, 0) is 28.4 Å². The molecule has 5 heteroatoms. The molecule has 0 bridgehead atoms. The molecule has 0 aliphatic heterocycles. The zero-order valence-corrected chi connectivity index (χ0v) is 11.8. The van der Waals surface area contributed by atoms with E-state index in [4.69, 9.17) is 4.74 Å². The SMILES string of the molecule is CCOC(=O)c1nn(C)c(Br)c1-c1ccccc1. The minimum absolute atomic E-state index is 0.331. The number of halogens is 1. The molecule has 0 N–H and O–H groups in total. The Bertz CT molecular complexity index is 564. The van der Waals surface area contributed by atoms with Crippen molar-refractivity contribution in [2.45, 2.75) is 6.92 Å². The van der Waals surface area contributed by atoms with Gasteiger partial charge in [0.2, 0.25) is 0 Å². The van der Waals surface area contributed by atoms with Crippen molar-refractivity contribution in [1.29, 1.82) is 0 Å². The van der Waals surface area contributed by atoms with E-state index in [0.717, 1.165) is 15.7 Å². The lowest BCUT2D eigenvalue weighted by atomic mass is 10.1. The van der Waals surface area contributed by atoms with E-state index in [1.54, 1.807) is 18.7 Å². The molecule has 0 aliphatic rings. The number of aromatic nitrogens is 2. The standard InChI is InChI=1S/C13H13BrN2O2/c1-3-18-13(17)11-10(12(14)16(2)15-11)9-7-5-4-6-8-9/h4-8H,3H2,1-2H3. The summed E-state index contributed by atoms with van der Waals surface area (Å²) < 4.78 is 7.40. The molecule has 2 aromatic rings. The normalized spacial score (nSPS) is 10.4. The maximum Gasteiger partial charge on any atom is 0.359 e. The molecule has 1 aromatic heterocycles. The Morgan fingerprint density at radius 1 is 1.39 bits per heavy atom. The molecular weight excluding hydrogens is 296 g/mol. The van der Waals surface area contributed by atoms with Crippen LogP contribution in [-0.4, -0.2) is 22.4 Å². The lowest BCUT2D eigenvalue weighted by molar-refractivity contribution is 0.0519. The summed E-state index contributed by atoms with van der Waals surface area (Å²) >= 11 is 3.45. The van der Waals surface area contributed by atoms with Crippen LogP contribution in [0.1, 0.15) is 17.4 Å². The second-order valence-corrected chi connectivity index (χ2v) is 4.48. The highest BCUT2D eigenvalue weighted by Crippen LogP contribution is 2.31. The number of hydrogen-bond donors (Lipinski definition) is 0. The van der Waals surface area contributed by atoms with Gasteiger partial charge in [-0.15, -0.1) is 0 Å². The Morgan fingerprint density at radius 3 is 2.67 bits per heavy atom. The van der Waals surface area contributed by atoms with Gasteiger partial charge in [0, 0.05) is 12.6 Å². The van der Waals surface area contributed by atoms with Crippen LogP contribution in [0, 0.1) is 0 Å².